The quantitative estimate of drug-likeness (QED) is 0.349. The minimum absolute atomic E-state index is 0.605. The Bertz CT molecular complexity index is 1310. The van der Waals surface area contributed by atoms with Gasteiger partial charge in [0.25, 0.3) is 0 Å². The molecule has 0 saturated heterocycles. The number of halogens is 2. The van der Waals surface area contributed by atoms with Crippen molar-refractivity contribution in [2.75, 3.05) is 0 Å². The maximum absolute atomic E-state index is 6.66. The van der Waals surface area contributed by atoms with Gasteiger partial charge in [-0.3, -0.25) is 0 Å². The van der Waals surface area contributed by atoms with Crippen LogP contribution in [0.3, 0.4) is 0 Å². The number of hydrogen-bond donors (Lipinski definition) is 0. The van der Waals surface area contributed by atoms with Gasteiger partial charge in [0.15, 0.2) is 5.65 Å². The molecule has 0 unspecified atom stereocenters. The number of hydrogen-bond acceptors (Lipinski definition) is 3. The number of nitrogens with zero attached hydrogens (tertiary/aromatic N) is 4. The molecule has 4 nitrogen and oxygen atoms in total. The summed E-state index contributed by atoms with van der Waals surface area (Å²) in [5.74, 6) is 0. The first-order valence-corrected chi connectivity index (χ1v) is 8.87. The summed E-state index contributed by atoms with van der Waals surface area (Å²) in [5, 5.41) is 8.44. The van der Waals surface area contributed by atoms with Gasteiger partial charge in [-0.05, 0) is 37.3 Å². The monoisotopic (exact) mass is 378 g/mol. The molecule has 0 spiro atoms. The third-order valence-electron chi connectivity index (χ3n) is 4.51. The lowest BCUT2D eigenvalue weighted by Gasteiger charge is -2.07. The van der Waals surface area contributed by atoms with E-state index >= 15 is 0 Å². The molecule has 0 aliphatic rings. The zero-order valence-corrected chi connectivity index (χ0v) is 15.3. The van der Waals surface area contributed by atoms with E-state index in [1.54, 1.807) is 6.20 Å². The Morgan fingerprint density at radius 2 is 1.77 bits per heavy atom. The summed E-state index contributed by atoms with van der Waals surface area (Å²) in [6.07, 6.45) is 1.76. The predicted octanol–water partition coefficient (Wildman–Crippen LogP) is 5.74. The molecule has 5 aromatic rings. The topological polar surface area (TPSA) is 43.6 Å². The Hall–Kier alpha value is -2.69. The van der Waals surface area contributed by atoms with Crippen molar-refractivity contribution in [2.45, 2.75) is 6.92 Å². The highest BCUT2D eigenvalue weighted by molar-refractivity contribution is 6.41. The first-order valence-electron chi connectivity index (χ1n) is 8.12. The van der Waals surface area contributed by atoms with Gasteiger partial charge in [0, 0.05) is 22.0 Å². The van der Waals surface area contributed by atoms with Crippen molar-refractivity contribution in [3.8, 4) is 5.69 Å². The van der Waals surface area contributed by atoms with Gasteiger partial charge in [-0.15, -0.1) is 0 Å². The predicted molar refractivity (Wildman–Crippen MR) is 106 cm³/mol. The van der Waals surface area contributed by atoms with Crippen LogP contribution in [0.5, 0.6) is 0 Å². The van der Waals surface area contributed by atoms with Gasteiger partial charge in [-0.1, -0.05) is 41.4 Å². The van der Waals surface area contributed by atoms with Gasteiger partial charge in [0.05, 0.1) is 32.8 Å². The molecule has 0 bridgehead atoms. The fourth-order valence-electron chi connectivity index (χ4n) is 3.31. The van der Waals surface area contributed by atoms with Crippen molar-refractivity contribution in [1.82, 2.24) is 19.7 Å². The Balaban J connectivity index is 1.93. The van der Waals surface area contributed by atoms with Gasteiger partial charge in [-0.25, -0.2) is 14.6 Å². The molecule has 0 aliphatic carbocycles. The van der Waals surface area contributed by atoms with Crippen LogP contribution in [0.15, 0.2) is 54.7 Å². The van der Waals surface area contributed by atoms with E-state index in [0.29, 0.717) is 10.0 Å². The second-order valence-corrected chi connectivity index (χ2v) is 6.95. The fraction of sp³-hybridized carbons (Fsp3) is 0.0500. The van der Waals surface area contributed by atoms with Crippen LogP contribution in [-0.4, -0.2) is 19.7 Å². The molecular formula is C20H12Cl2N4. The summed E-state index contributed by atoms with van der Waals surface area (Å²) < 4.78 is 1.84. The third-order valence-corrected chi connectivity index (χ3v) is 5.15. The lowest BCUT2D eigenvalue weighted by molar-refractivity contribution is 0.878. The van der Waals surface area contributed by atoms with Crippen LogP contribution in [-0.2, 0) is 0 Å². The number of aryl methyl sites for hydroxylation is 1. The van der Waals surface area contributed by atoms with Crippen LogP contribution in [0.25, 0.3) is 38.5 Å². The Labute approximate surface area is 159 Å². The summed E-state index contributed by atoms with van der Waals surface area (Å²) in [6, 6.07) is 15.5. The lowest BCUT2D eigenvalue weighted by Crippen LogP contribution is -1.97. The van der Waals surface area contributed by atoms with Crippen LogP contribution < -0.4 is 0 Å². The minimum Gasteiger partial charge on any atom is -0.247 e. The first-order chi connectivity index (χ1) is 12.6. The smallest absolute Gasteiger partial charge is 0.165 e. The van der Waals surface area contributed by atoms with E-state index in [1.165, 1.54) is 0 Å². The van der Waals surface area contributed by atoms with Crippen LogP contribution in [0.1, 0.15) is 5.69 Å². The van der Waals surface area contributed by atoms with E-state index < -0.39 is 0 Å². The summed E-state index contributed by atoms with van der Waals surface area (Å²) in [5.41, 5.74) is 4.17. The van der Waals surface area contributed by atoms with Crippen molar-refractivity contribution >= 4 is 56.0 Å². The first kappa shape index (κ1) is 15.6. The molecule has 0 saturated carbocycles. The van der Waals surface area contributed by atoms with E-state index in [0.717, 1.165) is 44.2 Å². The van der Waals surface area contributed by atoms with E-state index in [9.17, 15) is 0 Å². The average molecular weight is 379 g/mol. The number of para-hydroxylation sites is 1. The van der Waals surface area contributed by atoms with Crippen molar-refractivity contribution in [3.63, 3.8) is 0 Å². The number of aromatic nitrogens is 4. The van der Waals surface area contributed by atoms with Gasteiger partial charge in [-0.2, -0.15) is 5.10 Å². The average Bonchev–Trinajstić information content (AvgIpc) is 3.00. The normalized spacial score (nSPS) is 11.7. The summed E-state index contributed by atoms with van der Waals surface area (Å²) in [6.45, 7) is 1.96. The maximum Gasteiger partial charge on any atom is 0.165 e. The van der Waals surface area contributed by atoms with Crippen molar-refractivity contribution in [2.24, 2.45) is 0 Å². The molecule has 0 fully saturated rings. The number of pyridine rings is 2. The highest BCUT2D eigenvalue weighted by Crippen LogP contribution is 2.35. The highest BCUT2D eigenvalue weighted by atomic mass is 35.5. The van der Waals surface area contributed by atoms with Crippen molar-refractivity contribution < 1.29 is 0 Å². The van der Waals surface area contributed by atoms with Crippen LogP contribution in [0.4, 0.5) is 0 Å². The van der Waals surface area contributed by atoms with Crippen LogP contribution >= 0.6 is 23.2 Å². The Morgan fingerprint density at radius 1 is 0.962 bits per heavy atom. The molecule has 0 radical (unpaired) electrons. The molecule has 126 valence electrons. The van der Waals surface area contributed by atoms with Crippen LogP contribution in [0.2, 0.25) is 10.0 Å². The largest absolute Gasteiger partial charge is 0.247 e. The maximum atomic E-state index is 6.66. The third kappa shape index (κ3) is 2.19. The number of benzene rings is 2. The molecule has 3 heterocycles. The van der Waals surface area contributed by atoms with E-state index in [1.807, 2.05) is 60.1 Å². The lowest BCUT2D eigenvalue weighted by atomic mass is 10.1. The van der Waals surface area contributed by atoms with Gasteiger partial charge in [0.2, 0.25) is 0 Å². The zero-order valence-electron chi connectivity index (χ0n) is 13.7. The summed E-state index contributed by atoms with van der Waals surface area (Å²) in [4.78, 5) is 9.48. The molecule has 6 heteroatoms. The minimum atomic E-state index is 0.605. The highest BCUT2D eigenvalue weighted by Gasteiger charge is 2.17. The van der Waals surface area contributed by atoms with Crippen molar-refractivity contribution in [3.05, 3.63) is 70.5 Å². The molecule has 2 aromatic carbocycles. The van der Waals surface area contributed by atoms with E-state index in [4.69, 9.17) is 28.2 Å². The number of fused-ring (bicyclic) bond motifs is 4. The standard InChI is InChI=1S/C20H12Cl2N4/c1-11-17-19-15(18(22)14-9-12(21)7-8-16(14)24-19)10-23-20(17)26(25-11)13-5-3-2-4-6-13/h2-10H,1H3. The summed E-state index contributed by atoms with van der Waals surface area (Å²) in [7, 11) is 0. The molecule has 0 N–H and O–H groups in total. The molecule has 5 rings (SSSR count). The summed E-state index contributed by atoms with van der Waals surface area (Å²) >= 11 is 12.8. The van der Waals surface area contributed by atoms with Crippen molar-refractivity contribution in [1.29, 1.82) is 0 Å². The second kappa shape index (κ2) is 5.66. The molecule has 26 heavy (non-hydrogen) atoms. The molecule has 3 aromatic heterocycles. The van der Waals surface area contributed by atoms with E-state index in [-0.39, 0.29) is 0 Å². The Morgan fingerprint density at radius 3 is 2.58 bits per heavy atom. The number of rotatable bonds is 1. The molecule has 0 aliphatic heterocycles. The molecule has 0 atom stereocenters. The van der Waals surface area contributed by atoms with E-state index in [2.05, 4.69) is 10.1 Å². The van der Waals surface area contributed by atoms with Gasteiger partial charge >= 0.3 is 0 Å². The molecule has 0 amide bonds. The second-order valence-electron chi connectivity index (χ2n) is 6.14. The molecular weight excluding hydrogens is 367 g/mol. The SMILES string of the molecule is Cc1nn(-c2ccccc2)c2ncc3c(Cl)c4cc(Cl)ccc4nc3c12. The zero-order chi connectivity index (χ0) is 17.8. The van der Waals surface area contributed by atoms with Gasteiger partial charge < -0.3 is 0 Å². The van der Waals surface area contributed by atoms with Crippen LogP contribution in [0, 0.1) is 6.92 Å². The Kier molecular flexibility index (Phi) is 3.39. The fourth-order valence-corrected chi connectivity index (χ4v) is 3.77. The van der Waals surface area contributed by atoms with Gasteiger partial charge in [0.1, 0.15) is 0 Å².